The zero-order chi connectivity index (χ0) is 20.3. The number of carbonyl (C=O) groups is 2. The summed E-state index contributed by atoms with van der Waals surface area (Å²) in [5.41, 5.74) is 0.590. The Morgan fingerprint density at radius 1 is 1.29 bits per heavy atom. The fourth-order valence-corrected chi connectivity index (χ4v) is 4.87. The lowest BCUT2D eigenvalue weighted by Gasteiger charge is -2.26. The van der Waals surface area contributed by atoms with E-state index in [0.717, 1.165) is 0 Å². The number of nitrogens with zero attached hydrogens (tertiary/aromatic N) is 2. The maximum atomic E-state index is 12.7. The van der Waals surface area contributed by atoms with E-state index in [-0.39, 0.29) is 29.9 Å². The first-order chi connectivity index (χ1) is 13.3. The number of amides is 1. The Bertz CT molecular complexity index is 833. The summed E-state index contributed by atoms with van der Waals surface area (Å²) in [4.78, 5) is 26.1. The summed E-state index contributed by atoms with van der Waals surface area (Å²) in [5.74, 6) is -0.955. The Kier molecular flexibility index (Phi) is 6.36. The highest BCUT2D eigenvalue weighted by atomic mass is 32.2. The maximum absolute atomic E-state index is 12.7. The molecule has 0 bridgehead atoms. The number of benzene rings is 1. The van der Waals surface area contributed by atoms with E-state index in [1.165, 1.54) is 16.4 Å². The van der Waals surface area contributed by atoms with Crippen LogP contribution in [-0.2, 0) is 35.7 Å². The second-order valence-electron chi connectivity index (χ2n) is 7.31. The van der Waals surface area contributed by atoms with Gasteiger partial charge >= 0.3 is 5.97 Å². The van der Waals surface area contributed by atoms with Crippen molar-refractivity contribution in [3.63, 3.8) is 0 Å². The van der Waals surface area contributed by atoms with Crippen LogP contribution in [0.25, 0.3) is 0 Å². The van der Waals surface area contributed by atoms with Crippen LogP contribution in [-0.4, -0.2) is 68.4 Å². The molecule has 0 N–H and O–H groups in total. The average Bonchev–Trinajstić information content (AvgIpc) is 3.09. The van der Waals surface area contributed by atoms with Crippen LogP contribution < -0.4 is 0 Å². The number of hydrogen-bond donors (Lipinski definition) is 0. The predicted octanol–water partition coefficient (Wildman–Crippen LogP) is 1.01. The second-order valence-corrected chi connectivity index (χ2v) is 9.25. The van der Waals surface area contributed by atoms with Crippen LogP contribution in [0.4, 0.5) is 0 Å². The Morgan fingerprint density at radius 2 is 2.00 bits per heavy atom. The third kappa shape index (κ3) is 4.53. The maximum Gasteiger partial charge on any atom is 0.311 e. The molecule has 0 spiro atoms. The van der Waals surface area contributed by atoms with Crippen molar-refractivity contribution in [1.29, 1.82) is 0 Å². The van der Waals surface area contributed by atoms with Gasteiger partial charge in [-0.15, -0.1) is 0 Å². The highest BCUT2D eigenvalue weighted by Gasteiger charge is 2.36. The smallest absolute Gasteiger partial charge is 0.311 e. The summed E-state index contributed by atoms with van der Waals surface area (Å²) in [6, 6.07) is 6.46. The summed E-state index contributed by atoms with van der Waals surface area (Å²) < 4.78 is 37.4. The lowest BCUT2D eigenvalue weighted by atomic mass is 10.1. The molecule has 1 amide bonds. The van der Waals surface area contributed by atoms with Crippen LogP contribution in [0, 0.1) is 5.92 Å². The quantitative estimate of drug-likeness (QED) is 0.650. The fourth-order valence-electron chi connectivity index (χ4n) is 3.39. The zero-order valence-corrected chi connectivity index (χ0v) is 17.0. The number of likely N-dealkylation sites (tertiary alicyclic amines) is 1. The lowest BCUT2D eigenvalue weighted by Crippen LogP contribution is -2.40. The zero-order valence-electron chi connectivity index (χ0n) is 16.2. The highest BCUT2D eigenvalue weighted by molar-refractivity contribution is 7.89. The van der Waals surface area contributed by atoms with Gasteiger partial charge in [0, 0.05) is 32.1 Å². The molecule has 0 unspecified atom stereocenters. The molecule has 0 aromatic heterocycles. The SMILES string of the molecule is CC(C)N1C[C@H](C(=O)OCc2cccc(S(=O)(=O)N3CCOCC3)c2)CC1=O. The number of rotatable bonds is 6. The number of ether oxygens (including phenoxy) is 2. The molecule has 1 aromatic carbocycles. The molecule has 8 nitrogen and oxygen atoms in total. The van der Waals surface area contributed by atoms with E-state index in [2.05, 4.69) is 0 Å². The number of carbonyl (C=O) groups excluding carboxylic acids is 2. The topological polar surface area (TPSA) is 93.2 Å². The molecule has 2 heterocycles. The van der Waals surface area contributed by atoms with Crippen molar-refractivity contribution in [1.82, 2.24) is 9.21 Å². The Balaban J connectivity index is 1.62. The van der Waals surface area contributed by atoms with Crippen molar-refractivity contribution < 1.29 is 27.5 Å². The number of sulfonamides is 1. The van der Waals surface area contributed by atoms with Crippen molar-refractivity contribution in [3.8, 4) is 0 Å². The van der Waals surface area contributed by atoms with Crippen molar-refractivity contribution in [3.05, 3.63) is 29.8 Å². The molecule has 154 valence electrons. The third-order valence-corrected chi connectivity index (χ3v) is 6.90. The minimum atomic E-state index is -3.60. The molecular formula is C19H26N2O6S. The van der Waals surface area contributed by atoms with Gasteiger partial charge in [-0.25, -0.2) is 8.42 Å². The molecule has 0 saturated carbocycles. The van der Waals surface area contributed by atoms with E-state index < -0.39 is 21.9 Å². The highest BCUT2D eigenvalue weighted by Crippen LogP contribution is 2.23. The molecule has 1 atom stereocenters. The normalized spacial score (nSPS) is 21.3. The molecule has 0 radical (unpaired) electrons. The molecule has 9 heteroatoms. The Hall–Kier alpha value is -1.97. The van der Waals surface area contributed by atoms with Gasteiger partial charge in [0.1, 0.15) is 6.61 Å². The van der Waals surface area contributed by atoms with Crippen LogP contribution >= 0.6 is 0 Å². The lowest BCUT2D eigenvalue weighted by molar-refractivity contribution is -0.149. The van der Waals surface area contributed by atoms with Crippen LogP contribution in [0.3, 0.4) is 0 Å². The molecular weight excluding hydrogens is 384 g/mol. The van der Waals surface area contributed by atoms with Gasteiger partial charge in [-0.1, -0.05) is 12.1 Å². The molecule has 2 aliphatic rings. The molecule has 28 heavy (non-hydrogen) atoms. The summed E-state index contributed by atoms with van der Waals surface area (Å²) in [6.07, 6.45) is 0.155. The average molecular weight is 410 g/mol. The second kappa shape index (κ2) is 8.59. The van der Waals surface area contributed by atoms with E-state index in [9.17, 15) is 18.0 Å². The first kappa shape index (κ1) is 20.8. The summed E-state index contributed by atoms with van der Waals surface area (Å²) in [5, 5.41) is 0. The minimum Gasteiger partial charge on any atom is -0.461 e. The van der Waals surface area contributed by atoms with E-state index in [4.69, 9.17) is 9.47 Å². The van der Waals surface area contributed by atoms with Crippen LogP contribution in [0.5, 0.6) is 0 Å². The van der Waals surface area contributed by atoms with E-state index in [1.54, 1.807) is 17.0 Å². The van der Waals surface area contributed by atoms with Crippen LogP contribution in [0.2, 0.25) is 0 Å². The van der Waals surface area contributed by atoms with Gasteiger partial charge in [0.25, 0.3) is 0 Å². The van der Waals surface area contributed by atoms with E-state index in [0.29, 0.717) is 38.4 Å². The first-order valence-electron chi connectivity index (χ1n) is 9.42. The summed E-state index contributed by atoms with van der Waals surface area (Å²) in [6.45, 7) is 5.55. The number of morpholine rings is 1. The largest absolute Gasteiger partial charge is 0.461 e. The van der Waals surface area contributed by atoms with Gasteiger partial charge in [-0.3, -0.25) is 9.59 Å². The molecule has 3 rings (SSSR count). The Labute approximate surface area is 165 Å². The van der Waals surface area contributed by atoms with Gasteiger partial charge < -0.3 is 14.4 Å². The predicted molar refractivity (Wildman–Crippen MR) is 101 cm³/mol. The Morgan fingerprint density at radius 3 is 2.64 bits per heavy atom. The fraction of sp³-hybridized carbons (Fsp3) is 0.579. The van der Waals surface area contributed by atoms with Crippen molar-refractivity contribution in [2.75, 3.05) is 32.8 Å². The monoisotopic (exact) mass is 410 g/mol. The minimum absolute atomic E-state index is 0.0301. The van der Waals surface area contributed by atoms with Gasteiger partial charge in [0.05, 0.1) is 24.0 Å². The van der Waals surface area contributed by atoms with Gasteiger partial charge in [0.2, 0.25) is 15.9 Å². The molecule has 0 aliphatic carbocycles. The van der Waals surface area contributed by atoms with Gasteiger partial charge in [-0.05, 0) is 31.5 Å². The number of hydrogen-bond acceptors (Lipinski definition) is 6. The number of esters is 1. The molecule has 2 aliphatic heterocycles. The van der Waals surface area contributed by atoms with Crippen molar-refractivity contribution in [2.45, 2.75) is 37.8 Å². The third-order valence-electron chi connectivity index (χ3n) is 5.00. The molecule has 1 aromatic rings. The summed E-state index contributed by atoms with van der Waals surface area (Å²) in [7, 11) is -3.60. The first-order valence-corrected chi connectivity index (χ1v) is 10.9. The van der Waals surface area contributed by atoms with E-state index >= 15 is 0 Å². The standard InChI is InChI=1S/C19H26N2O6S/c1-14(2)21-12-16(11-18(21)22)19(23)27-13-15-4-3-5-17(10-15)28(24,25)20-6-8-26-9-7-20/h3-5,10,14,16H,6-9,11-13H2,1-2H3/t16-/m1/s1. The van der Waals surface area contributed by atoms with Crippen LogP contribution in [0.15, 0.2) is 29.2 Å². The molecule has 2 saturated heterocycles. The van der Waals surface area contributed by atoms with Crippen molar-refractivity contribution in [2.24, 2.45) is 5.92 Å². The van der Waals surface area contributed by atoms with E-state index in [1.807, 2.05) is 13.8 Å². The van der Waals surface area contributed by atoms with Gasteiger partial charge in [-0.2, -0.15) is 4.31 Å². The molecule has 2 fully saturated rings. The van der Waals surface area contributed by atoms with Crippen LogP contribution in [0.1, 0.15) is 25.8 Å². The summed E-state index contributed by atoms with van der Waals surface area (Å²) >= 11 is 0. The van der Waals surface area contributed by atoms with Crippen molar-refractivity contribution >= 4 is 21.9 Å². The van der Waals surface area contributed by atoms with Gasteiger partial charge in [0.15, 0.2) is 0 Å².